The molecule has 2 saturated carbocycles. The van der Waals surface area contributed by atoms with Gasteiger partial charge in [0.2, 0.25) is 0 Å². The van der Waals surface area contributed by atoms with Gasteiger partial charge in [-0.2, -0.15) is 10.4 Å². The van der Waals surface area contributed by atoms with Crippen molar-refractivity contribution < 1.29 is 23.8 Å². The quantitative estimate of drug-likeness (QED) is 0.307. The van der Waals surface area contributed by atoms with E-state index in [0.29, 0.717) is 22.4 Å². The van der Waals surface area contributed by atoms with Crippen molar-refractivity contribution in [2.24, 2.45) is 5.41 Å². The van der Waals surface area contributed by atoms with Crippen molar-refractivity contribution in [2.75, 3.05) is 6.61 Å². The standard InChI is InChI=1S/C32H31FN4O4/c1-31(2,39)19-40-26-7-8-29-28(17-35-37(29)18-26)30(38)36-24-12-32(13-24)14-27(15-32)41-25-5-3-21(4-6-25)22-9-20(16-34)10-23(33)11-22/h3-11,17-18,24,27,39H,12-15,19H2,1-2H3,(H,36,38). The topological polar surface area (TPSA) is 109 Å². The van der Waals surface area contributed by atoms with Crippen molar-refractivity contribution in [3.8, 4) is 28.7 Å². The lowest BCUT2D eigenvalue weighted by molar-refractivity contribution is -0.0833. The summed E-state index contributed by atoms with van der Waals surface area (Å²) < 4.78 is 27.2. The summed E-state index contributed by atoms with van der Waals surface area (Å²) in [5.74, 6) is 0.749. The number of pyridine rings is 1. The third kappa shape index (κ3) is 5.74. The zero-order chi connectivity index (χ0) is 28.8. The molecular formula is C32H31FN4O4. The molecule has 0 atom stereocenters. The van der Waals surface area contributed by atoms with Crippen molar-refractivity contribution >= 4 is 11.4 Å². The van der Waals surface area contributed by atoms with Gasteiger partial charge in [0.25, 0.3) is 5.91 Å². The zero-order valence-electron chi connectivity index (χ0n) is 22.9. The van der Waals surface area contributed by atoms with Crippen molar-refractivity contribution in [3.05, 3.63) is 83.9 Å². The minimum Gasteiger partial charge on any atom is -0.490 e. The number of hydrogen-bond acceptors (Lipinski definition) is 6. The number of rotatable bonds is 8. The van der Waals surface area contributed by atoms with Crippen LogP contribution in [-0.4, -0.2) is 45.0 Å². The van der Waals surface area contributed by atoms with Crippen LogP contribution in [0.2, 0.25) is 0 Å². The van der Waals surface area contributed by atoms with Gasteiger partial charge in [0.1, 0.15) is 23.9 Å². The van der Waals surface area contributed by atoms with E-state index in [1.807, 2.05) is 30.3 Å². The van der Waals surface area contributed by atoms with Crippen LogP contribution >= 0.6 is 0 Å². The van der Waals surface area contributed by atoms with Crippen molar-refractivity contribution in [2.45, 2.75) is 57.3 Å². The average Bonchev–Trinajstić information content (AvgIpc) is 3.32. The Labute approximate surface area is 237 Å². The lowest BCUT2D eigenvalue weighted by atomic mass is 9.53. The van der Waals surface area contributed by atoms with Crippen molar-refractivity contribution in [1.29, 1.82) is 5.26 Å². The summed E-state index contributed by atoms with van der Waals surface area (Å²) in [4.78, 5) is 13.0. The molecule has 41 heavy (non-hydrogen) atoms. The number of nitrogens with one attached hydrogen (secondary N) is 1. The van der Waals surface area contributed by atoms with Crippen molar-refractivity contribution in [1.82, 2.24) is 14.9 Å². The number of halogens is 1. The summed E-state index contributed by atoms with van der Waals surface area (Å²) in [6.07, 6.45) is 7.13. The Kier molecular flexibility index (Phi) is 6.66. The number of fused-ring (bicyclic) bond motifs is 1. The molecular weight excluding hydrogens is 523 g/mol. The lowest BCUT2D eigenvalue weighted by Crippen LogP contribution is -2.58. The molecule has 1 amide bonds. The minimum absolute atomic E-state index is 0.122. The van der Waals surface area contributed by atoms with Gasteiger partial charge in [-0.3, -0.25) is 4.79 Å². The molecule has 2 aliphatic rings. The molecule has 2 aromatic carbocycles. The highest BCUT2D eigenvalue weighted by Crippen LogP contribution is 2.56. The molecule has 0 bridgehead atoms. The van der Waals surface area contributed by atoms with Gasteiger partial charge in [0.15, 0.2) is 0 Å². The highest BCUT2D eigenvalue weighted by Gasteiger charge is 2.54. The number of amides is 1. The van der Waals surface area contributed by atoms with E-state index >= 15 is 0 Å². The van der Waals surface area contributed by atoms with Gasteiger partial charge in [-0.15, -0.1) is 0 Å². The number of carbonyl (C=O) groups excluding carboxylic acids is 1. The fourth-order valence-electron chi connectivity index (χ4n) is 5.90. The molecule has 1 spiro atoms. The average molecular weight is 555 g/mol. The molecule has 2 aromatic heterocycles. The van der Waals surface area contributed by atoms with E-state index in [4.69, 9.17) is 14.7 Å². The molecule has 2 fully saturated rings. The maximum atomic E-state index is 13.8. The van der Waals surface area contributed by atoms with E-state index < -0.39 is 11.4 Å². The van der Waals surface area contributed by atoms with Crippen LogP contribution in [0.15, 0.2) is 67.0 Å². The third-order valence-corrected chi connectivity index (χ3v) is 7.86. The van der Waals surface area contributed by atoms with Crippen LogP contribution in [0, 0.1) is 22.6 Å². The van der Waals surface area contributed by atoms with Gasteiger partial charge in [0.05, 0.1) is 46.8 Å². The molecule has 0 saturated heterocycles. The summed E-state index contributed by atoms with van der Waals surface area (Å²) in [5, 5.41) is 26.4. The van der Waals surface area contributed by atoms with Crippen LogP contribution < -0.4 is 14.8 Å². The molecule has 9 heteroatoms. The molecule has 2 aliphatic carbocycles. The van der Waals surface area contributed by atoms with E-state index in [9.17, 15) is 14.3 Å². The Hall–Kier alpha value is -4.42. The largest absolute Gasteiger partial charge is 0.490 e. The minimum atomic E-state index is -0.946. The molecule has 2 heterocycles. The fraction of sp³-hybridized carbons (Fsp3) is 0.344. The Balaban J connectivity index is 0.982. The maximum Gasteiger partial charge on any atom is 0.255 e. The first-order chi connectivity index (χ1) is 19.6. The summed E-state index contributed by atoms with van der Waals surface area (Å²) in [6.45, 7) is 3.50. The highest BCUT2D eigenvalue weighted by atomic mass is 19.1. The van der Waals surface area contributed by atoms with Crippen LogP contribution in [0.4, 0.5) is 4.39 Å². The molecule has 4 aromatic rings. The Morgan fingerprint density at radius 3 is 2.56 bits per heavy atom. The van der Waals surface area contributed by atoms with Crippen LogP contribution in [-0.2, 0) is 0 Å². The normalized spacial score (nSPS) is 21.5. The number of nitriles is 1. The Morgan fingerprint density at radius 1 is 1.12 bits per heavy atom. The Morgan fingerprint density at radius 2 is 1.85 bits per heavy atom. The highest BCUT2D eigenvalue weighted by molar-refractivity contribution is 6.00. The summed E-state index contributed by atoms with van der Waals surface area (Å²) in [5.41, 5.74) is 2.24. The molecule has 6 rings (SSSR count). The summed E-state index contributed by atoms with van der Waals surface area (Å²) in [7, 11) is 0. The predicted molar refractivity (Wildman–Crippen MR) is 150 cm³/mol. The number of ether oxygens (including phenoxy) is 2. The first kappa shape index (κ1) is 26.8. The molecule has 8 nitrogen and oxygen atoms in total. The maximum absolute atomic E-state index is 13.8. The van der Waals surface area contributed by atoms with Gasteiger partial charge in [0, 0.05) is 6.04 Å². The number of aliphatic hydroxyl groups is 1. The van der Waals surface area contributed by atoms with Crippen molar-refractivity contribution in [3.63, 3.8) is 0 Å². The fourth-order valence-corrected chi connectivity index (χ4v) is 5.90. The molecule has 2 N–H and O–H groups in total. The summed E-state index contributed by atoms with van der Waals surface area (Å²) in [6, 6.07) is 17.5. The van der Waals surface area contributed by atoms with Gasteiger partial charge < -0.3 is 19.9 Å². The first-order valence-electron chi connectivity index (χ1n) is 13.7. The second-order valence-corrected chi connectivity index (χ2v) is 11.9. The molecule has 210 valence electrons. The zero-order valence-corrected chi connectivity index (χ0v) is 22.9. The van der Waals surface area contributed by atoms with Crippen LogP contribution in [0.5, 0.6) is 11.5 Å². The first-order valence-corrected chi connectivity index (χ1v) is 13.7. The van der Waals surface area contributed by atoms with Gasteiger partial charge >= 0.3 is 0 Å². The summed E-state index contributed by atoms with van der Waals surface area (Å²) >= 11 is 0. The number of aromatic nitrogens is 2. The number of benzene rings is 2. The second kappa shape index (κ2) is 10.2. The Bertz CT molecular complexity index is 1640. The molecule has 0 radical (unpaired) electrons. The van der Waals surface area contributed by atoms with E-state index in [1.54, 1.807) is 49.0 Å². The molecule has 0 aliphatic heterocycles. The van der Waals surface area contributed by atoms with Gasteiger partial charge in [-0.1, -0.05) is 12.1 Å². The van der Waals surface area contributed by atoms with Crippen LogP contribution in [0.1, 0.15) is 55.5 Å². The van der Waals surface area contributed by atoms with Crippen LogP contribution in [0.3, 0.4) is 0 Å². The monoisotopic (exact) mass is 554 g/mol. The number of carbonyl (C=O) groups is 1. The number of nitrogens with zero attached hydrogens (tertiary/aromatic N) is 3. The third-order valence-electron chi connectivity index (χ3n) is 7.86. The predicted octanol–water partition coefficient (Wildman–Crippen LogP) is 5.28. The lowest BCUT2D eigenvalue weighted by Gasteiger charge is -2.57. The van der Waals surface area contributed by atoms with Gasteiger partial charge in [-0.05, 0) is 98.5 Å². The molecule has 0 unspecified atom stereocenters. The van der Waals surface area contributed by atoms with E-state index in [2.05, 4.69) is 10.4 Å². The van der Waals surface area contributed by atoms with Crippen LogP contribution in [0.25, 0.3) is 16.6 Å². The number of hydrogen-bond donors (Lipinski definition) is 2. The SMILES string of the molecule is CC(C)(O)COc1ccc2c(C(=O)NC3CC4(C3)CC(Oc3ccc(-c5cc(F)cc(C#N)c5)cc3)C4)cnn2c1. The second-order valence-electron chi connectivity index (χ2n) is 11.9. The van der Waals surface area contributed by atoms with Gasteiger partial charge in [-0.25, -0.2) is 8.91 Å². The van der Waals surface area contributed by atoms with E-state index in [-0.39, 0.29) is 35.6 Å². The smallest absolute Gasteiger partial charge is 0.255 e. The van der Waals surface area contributed by atoms with E-state index in [1.165, 1.54) is 12.1 Å². The van der Waals surface area contributed by atoms with E-state index in [0.717, 1.165) is 37.0 Å².